The zero-order chi connectivity index (χ0) is 28.6. The summed E-state index contributed by atoms with van der Waals surface area (Å²) in [6.07, 6.45) is 2.90. The Morgan fingerprint density at radius 3 is 2.15 bits per heavy atom. The highest BCUT2D eigenvalue weighted by molar-refractivity contribution is 7.99. The molecule has 210 valence electrons. The number of sulfone groups is 1. The molecular weight excluding hydrogens is 547 g/mol. The summed E-state index contributed by atoms with van der Waals surface area (Å²) in [6.45, 7) is 2.49. The van der Waals surface area contributed by atoms with Crippen molar-refractivity contribution in [2.45, 2.75) is 35.8 Å². The number of carbonyl (C=O) groups excluding carboxylic acids is 2. The molecular formula is C27H31FN2O7S2. The van der Waals surface area contributed by atoms with Crippen molar-refractivity contribution in [3.05, 3.63) is 70.4 Å². The summed E-state index contributed by atoms with van der Waals surface area (Å²) in [4.78, 5) is 38.6. The molecule has 1 heterocycles. The maximum atomic E-state index is 13.7. The number of benzene rings is 2. The molecule has 2 aromatic carbocycles. The Hall–Kier alpha value is -3.09. The van der Waals surface area contributed by atoms with E-state index < -0.39 is 32.3 Å². The van der Waals surface area contributed by atoms with Crippen LogP contribution in [0.2, 0.25) is 0 Å². The molecule has 0 amide bonds. The van der Waals surface area contributed by atoms with Crippen LogP contribution < -0.4 is 0 Å². The lowest BCUT2D eigenvalue weighted by molar-refractivity contribution is -0.140. The van der Waals surface area contributed by atoms with E-state index in [4.69, 9.17) is 9.47 Å². The van der Waals surface area contributed by atoms with E-state index in [0.29, 0.717) is 30.4 Å². The zero-order valence-electron chi connectivity index (χ0n) is 22.0. The average Bonchev–Trinajstić information content (AvgIpc) is 2.88. The van der Waals surface area contributed by atoms with E-state index in [1.165, 1.54) is 55.5 Å². The van der Waals surface area contributed by atoms with Gasteiger partial charge in [-0.25, -0.2) is 17.6 Å². The number of carbonyl (C=O) groups is 2. The fraction of sp³-hybridized carbons (Fsp3) is 0.407. The summed E-state index contributed by atoms with van der Waals surface area (Å²) in [6, 6.07) is 11.0. The van der Waals surface area contributed by atoms with Gasteiger partial charge in [-0.05, 0) is 74.8 Å². The number of likely N-dealkylation sites (tertiary alicyclic amines) is 1. The number of piperidine rings is 1. The Balaban J connectivity index is 1.99. The maximum absolute atomic E-state index is 13.7. The van der Waals surface area contributed by atoms with Crippen LogP contribution in [0.15, 0.2) is 58.0 Å². The van der Waals surface area contributed by atoms with Crippen LogP contribution in [-0.4, -0.2) is 69.6 Å². The lowest BCUT2D eigenvalue weighted by Crippen LogP contribution is -2.41. The Kier molecular flexibility index (Phi) is 10.4. The van der Waals surface area contributed by atoms with Crippen molar-refractivity contribution in [2.24, 2.45) is 4.58 Å². The van der Waals surface area contributed by atoms with Crippen LogP contribution in [0.5, 0.6) is 0 Å². The zero-order valence-corrected chi connectivity index (χ0v) is 23.6. The molecule has 0 unspecified atom stereocenters. The molecule has 0 spiro atoms. The van der Waals surface area contributed by atoms with Gasteiger partial charge in [-0.1, -0.05) is 24.3 Å². The molecule has 39 heavy (non-hydrogen) atoms. The highest BCUT2D eigenvalue weighted by Crippen LogP contribution is 2.40. The molecule has 9 nitrogen and oxygen atoms in total. The number of halogens is 1. The van der Waals surface area contributed by atoms with Gasteiger partial charge >= 0.3 is 11.9 Å². The first kappa shape index (κ1) is 30.5. The number of hydrogen-bond donors (Lipinski definition) is 0. The van der Waals surface area contributed by atoms with Gasteiger partial charge in [0.2, 0.25) is 0 Å². The topological polar surface area (TPSA) is 119 Å². The maximum Gasteiger partial charge on any atom is 0.339 e. The van der Waals surface area contributed by atoms with E-state index >= 15 is 0 Å². The van der Waals surface area contributed by atoms with Crippen molar-refractivity contribution >= 4 is 44.9 Å². The third kappa shape index (κ3) is 8.45. The van der Waals surface area contributed by atoms with E-state index in [9.17, 15) is 27.3 Å². The predicted octanol–water partition coefficient (Wildman–Crippen LogP) is 4.52. The van der Waals surface area contributed by atoms with Crippen LogP contribution in [0.25, 0.3) is 11.1 Å². The normalized spacial score (nSPS) is 16.2. The second-order valence-electron chi connectivity index (χ2n) is 9.48. The number of nitrogens with zero attached hydrogens (tertiary/aromatic N) is 2. The van der Waals surface area contributed by atoms with Crippen molar-refractivity contribution in [1.82, 2.24) is 4.90 Å². The molecule has 0 aromatic heterocycles. The van der Waals surface area contributed by atoms with Crippen LogP contribution in [0, 0.1) is 10.7 Å². The van der Waals surface area contributed by atoms with Gasteiger partial charge in [0.1, 0.15) is 12.4 Å². The van der Waals surface area contributed by atoms with E-state index in [1.54, 1.807) is 0 Å². The van der Waals surface area contributed by atoms with Gasteiger partial charge in [-0.3, -0.25) is 4.79 Å². The Labute approximate surface area is 231 Å². The molecule has 3 rings (SSSR count). The molecule has 0 N–H and O–H groups in total. The third-order valence-corrected chi connectivity index (χ3v) is 8.81. The molecule has 1 saturated heterocycles. The minimum Gasteiger partial charge on any atom is -0.462 e. The van der Waals surface area contributed by atoms with Gasteiger partial charge < -0.3 is 14.4 Å². The van der Waals surface area contributed by atoms with Gasteiger partial charge in [0.25, 0.3) is 0 Å². The van der Waals surface area contributed by atoms with E-state index in [1.807, 2.05) is 7.05 Å². The fourth-order valence-electron chi connectivity index (χ4n) is 4.30. The van der Waals surface area contributed by atoms with Crippen LogP contribution in [0.4, 0.5) is 4.39 Å². The molecule has 0 atom stereocenters. The van der Waals surface area contributed by atoms with Crippen molar-refractivity contribution in [1.29, 1.82) is 0 Å². The Bertz CT molecular complexity index is 1320. The molecule has 1 aliphatic heterocycles. The van der Waals surface area contributed by atoms with Crippen molar-refractivity contribution in [3.63, 3.8) is 0 Å². The van der Waals surface area contributed by atoms with Gasteiger partial charge in [-0.2, -0.15) is 0 Å². The standard InChI is InChI=1S/C27H31FN2O7S2/c1-19(31)37-18-24(20-6-10-23(11-7-20)39(3,34)35)25(21-4-8-22(28)9-5-21)26(32)36-17-14-27(38-29-33)12-15-30(2)16-13-27/h4-11H,12-18H2,1-3H3. The van der Waals surface area contributed by atoms with Crippen molar-refractivity contribution in [3.8, 4) is 0 Å². The van der Waals surface area contributed by atoms with Crippen molar-refractivity contribution in [2.75, 3.05) is 39.6 Å². The van der Waals surface area contributed by atoms with E-state index in [0.717, 1.165) is 31.3 Å². The molecule has 12 heteroatoms. The lowest BCUT2D eigenvalue weighted by atomic mass is 9.92. The largest absolute Gasteiger partial charge is 0.462 e. The molecule has 1 fully saturated rings. The summed E-state index contributed by atoms with van der Waals surface area (Å²) in [5, 5.41) is 0. The first-order valence-electron chi connectivity index (χ1n) is 12.2. The van der Waals surface area contributed by atoms with Crippen molar-refractivity contribution < 1.29 is 31.9 Å². The first-order valence-corrected chi connectivity index (χ1v) is 14.9. The molecule has 2 aromatic rings. The minimum atomic E-state index is -3.47. The molecule has 0 radical (unpaired) electrons. The molecule has 0 aliphatic carbocycles. The quantitative estimate of drug-likeness (QED) is 0.125. The number of hydrogen-bond acceptors (Lipinski definition) is 10. The van der Waals surface area contributed by atoms with Gasteiger partial charge in [0.15, 0.2) is 9.84 Å². The third-order valence-electron chi connectivity index (χ3n) is 6.61. The number of rotatable bonds is 11. The minimum absolute atomic E-state index is 0.00360. The summed E-state index contributed by atoms with van der Waals surface area (Å²) < 4.78 is 51.1. The predicted molar refractivity (Wildman–Crippen MR) is 148 cm³/mol. The second kappa shape index (κ2) is 13.3. The number of ether oxygens (including phenoxy) is 2. The average molecular weight is 579 g/mol. The second-order valence-corrected chi connectivity index (χ2v) is 12.7. The smallest absolute Gasteiger partial charge is 0.339 e. The Morgan fingerprint density at radius 1 is 1.03 bits per heavy atom. The summed E-state index contributed by atoms with van der Waals surface area (Å²) in [5.41, 5.74) is 1.06. The first-order chi connectivity index (χ1) is 18.4. The monoisotopic (exact) mass is 578 g/mol. The highest BCUT2D eigenvalue weighted by atomic mass is 32.2. The van der Waals surface area contributed by atoms with Crippen LogP contribution in [-0.2, 0) is 28.9 Å². The van der Waals surface area contributed by atoms with E-state index in [-0.39, 0.29) is 29.3 Å². The van der Waals surface area contributed by atoms with Gasteiger partial charge in [0, 0.05) is 40.0 Å². The summed E-state index contributed by atoms with van der Waals surface area (Å²) >= 11 is 0.969. The molecule has 0 bridgehead atoms. The molecule has 0 saturated carbocycles. The lowest BCUT2D eigenvalue weighted by Gasteiger charge is -2.37. The number of esters is 2. The van der Waals surface area contributed by atoms with Gasteiger partial charge in [-0.15, -0.1) is 4.91 Å². The summed E-state index contributed by atoms with van der Waals surface area (Å²) in [7, 11) is -1.48. The molecule has 1 aliphatic rings. The summed E-state index contributed by atoms with van der Waals surface area (Å²) in [5.74, 6) is -1.83. The fourth-order valence-corrected chi connectivity index (χ4v) is 5.63. The number of nitroso groups, excluding NO2 is 1. The highest BCUT2D eigenvalue weighted by Gasteiger charge is 2.36. The Morgan fingerprint density at radius 2 is 1.62 bits per heavy atom. The van der Waals surface area contributed by atoms with Crippen LogP contribution >= 0.6 is 11.9 Å². The van der Waals surface area contributed by atoms with Crippen LogP contribution in [0.3, 0.4) is 0 Å². The van der Waals surface area contributed by atoms with Crippen LogP contribution in [0.1, 0.15) is 37.3 Å². The SMILES string of the molecule is CC(=O)OCC(=C(C(=O)OCCC1(SN=O)CCN(C)CC1)c1ccc(F)cc1)c1ccc(S(C)(=O)=O)cc1. The van der Waals surface area contributed by atoms with Gasteiger partial charge in [0.05, 0.1) is 17.1 Å². The van der Waals surface area contributed by atoms with E-state index in [2.05, 4.69) is 9.48 Å².